The van der Waals surface area contributed by atoms with Gasteiger partial charge in [0.2, 0.25) is 0 Å². The van der Waals surface area contributed by atoms with E-state index < -0.39 is 0 Å². The van der Waals surface area contributed by atoms with Crippen LogP contribution >= 0.6 is 0 Å². The standard InChI is InChI=1S/C22H14O/c1-2-8-15(9-3-1)21-17-11-5-4-10-16(17)14-19-18-12-6-7-13-20(18)23-22(19)21/h1-14H. The molecule has 1 nitrogen and oxygen atoms in total. The minimum atomic E-state index is 0.940. The quantitative estimate of drug-likeness (QED) is 0.348. The van der Waals surface area contributed by atoms with Gasteiger partial charge in [-0.1, -0.05) is 72.8 Å². The lowest BCUT2D eigenvalue weighted by Gasteiger charge is -2.08. The summed E-state index contributed by atoms with van der Waals surface area (Å²) in [6, 6.07) is 29.5. The predicted octanol–water partition coefficient (Wildman–Crippen LogP) is 6.41. The minimum Gasteiger partial charge on any atom is -0.455 e. The van der Waals surface area contributed by atoms with Gasteiger partial charge in [0.15, 0.2) is 0 Å². The molecule has 1 heteroatoms. The molecule has 0 bridgehead atoms. The van der Waals surface area contributed by atoms with Crippen LogP contribution in [0, 0.1) is 0 Å². The van der Waals surface area contributed by atoms with E-state index in [9.17, 15) is 0 Å². The van der Waals surface area contributed by atoms with Crippen LogP contribution in [0.3, 0.4) is 0 Å². The molecule has 0 N–H and O–H groups in total. The molecule has 0 radical (unpaired) electrons. The van der Waals surface area contributed by atoms with Crippen molar-refractivity contribution in [2.45, 2.75) is 0 Å². The number of rotatable bonds is 1. The van der Waals surface area contributed by atoms with Gasteiger partial charge >= 0.3 is 0 Å². The first-order chi connectivity index (χ1) is 11.4. The predicted molar refractivity (Wildman–Crippen MR) is 96.7 cm³/mol. The molecule has 0 spiro atoms. The van der Waals surface area contributed by atoms with E-state index in [2.05, 4.69) is 66.7 Å². The van der Waals surface area contributed by atoms with Gasteiger partial charge in [0, 0.05) is 16.3 Å². The zero-order valence-corrected chi connectivity index (χ0v) is 12.5. The molecule has 0 unspecified atom stereocenters. The average molecular weight is 294 g/mol. The van der Waals surface area contributed by atoms with Crippen molar-refractivity contribution >= 4 is 32.7 Å². The Bertz CT molecular complexity index is 1150. The molecule has 0 saturated heterocycles. The second kappa shape index (κ2) is 4.72. The number of benzene rings is 4. The van der Waals surface area contributed by atoms with Gasteiger partial charge in [-0.3, -0.25) is 0 Å². The van der Waals surface area contributed by atoms with Gasteiger partial charge < -0.3 is 4.42 Å². The molecular formula is C22H14O. The van der Waals surface area contributed by atoms with Gasteiger partial charge in [0.05, 0.1) is 0 Å². The summed E-state index contributed by atoms with van der Waals surface area (Å²) >= 11 is 0. The lowest BCUT2D eigenvalue weighted by Crippen LogP contribution is -1.82. The maximum atomic E-state index is 6.25. The van der Waals surface area contributed by atoms with Crippen LogP contribution in [0.2, 0.25) is 0 Å². The molecule has 23 heavy (non-hydrogen) atoms. The highest BCUT2D eigenvalue weighted by Crippen LogP contribution is 2.40. The molecule has 0 amide bonds. The second-order valence-corrected chi connectivity index (χ2v) is 5.81. The van der Waals surface area contributed by atoms with Crippen LogP contribution in [0.15, 0.2) is 89.3 Å². The number of furan rings is 1. The Balaban J connectivity index is 2.06. The normalized spacial score (nSPS) is 11.5. The van der Waals surface area contributed by atoms with Crippen molar-refractivity contribution < 1.29 is 4.42 Å². The molecule has 0 saturated carbocycles. The SMILES string of the molecule is c1ccc(-c2c3ccccc3cc3c2oc2ccccc23)cc1. The molecule has 108 valence electrons. The Morgan fingerprint density at radius 3 is 2.13 bits per heavy atom. The fraction of sp³-hybridized carbons (Fsp3) is 0. The summed E-state index contributed by atoms with van der Waals surface area (Å²) in [5.41, 5.74) is 4.27. The third-order valence-electron chi connectivity index (χ3n) is 4.45. The maximum Gasteiger partial charge on any atom is 0.143 e. The van der Waals surface area contributed by atoms with E-state index in [1.807, 2.05) is 18.2 Å². The Morgan fingerprint density at radius 1 is 0.565 bits per heavy atom. The van der Waals surface area contributed by atoms with Crippen LogP contribution in [-0.2, 0) is 0 Å². The lowest BCUT2D eigenvalue weighted by atomic mass is 9.95. The fourth-order valence-corrected chi connectivity index (χ4v) is 3.41. The number of para-hydroxylation sites is 1. The van der Waals surface area contributed by atoms with Crippen LogP contribution in [-0.4, -0.2) is 0 Å². The average Bonchev–Trinajstić information content (AvgIpc) is 2.98. The summed E-state index contributed by atoms with van der Waals surface area (Å²) in [6.07, 6.45) is 0. The third-order valence-corrected chi connectivity index (χ3v) is 4.45. The summed E-state index contributed by atoms with van der Waals surface area (Å²) in [6.45, 7) is 0. The number of fused-ring (bicyclic) bond motifs is 4. The van der Waals surface area contributed by atoms with Gasteiger partial charge in [0.25, 0.3) is 0 Å². The van der Waals surface area contributed by atoms with E-state index in [1.54, 1.807) is 0 Å². The maximum absolute atomic E-state index is 6.25. The Morgan fingerprint density at radius 2 is 1.26 bits per heavy atom. The molecule has 1 heterocycles. The first kappa shape index (κ1) is 12.5. The molecule has 5 rings (SSSR count). The molecule has 0 aliphatic rings. The monoisotopic (exact) mass is 294 g/mol. The fourth-order valence-electron chi connectivity index (χ4n) is 3.41. The van der Waals surface area contributed by atoms with Crippen molar-refractivity contribution in [3.05, 3.63) is 84.9 Å². The highest BCUT2D eigenvalue weighted by molar-refractivity contribution is 6.18. The lowest BCUT2D eigenvalue weighted by molar-refractivity contribution is 0.670. The van der Waals surface area contributed by atoms with Crippen molar-refractivity contribution in [3.8, 4) is 11.1 Å². The molecule has 0 atom stereocenters. The molecule has 0 fully saturated rings. The van der Waals surface area contributed by atoms with Crippen molar-refractivity contribution in [1.29, 1.82) is 0 Å². The Labute approximate surface area is 133 Å². The number of hydrogen-bond donors (Lipinski definition) is 0. The van der Waals surface area contributed by atoms with Gasteiger partial charge in [-0.05, 0) is 28.5 Å². The van der Waals surface area contributed by atoms with Crippen LogP contribution in [0.5, 0.6) is 0 Å². The molecule has 0 aliphatic heterocycles. The van der Waals surface area contributed by atoms with E-state index >= 15 is 0 Å². The van der Waals surface area contributed by atoms with E-state index in [1.165, 1.54) is 32.7 Å². The van der Waals surface area contributed by atoms with Gasteiger partial charge in [-0.2, -0.15) is 0 Å². The van der Waals surface area contributed by atoms with Crippen LogP contribution in [0.4, 0.5) is 0 Å². The zero-order chi connectivity index (χ0) is 15.2. The highest BCUT2D eigenvalue weighted by atomic mass is 16.3. The van der Waals surface area contributed by atoms with Crippen LogP contribution < -0.4 is 0 Å². The van der Waals surface area contributed by atoms with Gasteiger partial charge in [-0.25, -0.2) is 0 Å². The minimum absolute atomic E-state index is 0.940. The van der Waals surface area contributed by atoms with Crippen molar-refractivity contribution in [2.75, 3.05) is 0 Å². The molecular weight excluding hydrogens is 280 g/mol. The summed E-state index contributed by atoms with van der Waals surface area (Å²) in [7, 11) is 0. The molecule has 1 aromatic heterocycles. The topological polar surface area (TPSA) is 13.1 Å². The Kier molecular flexibility index (Phi) is 2.56. The summed E-state index contributed by atoms with van der Waals surface area (Å²) in [4.78, 5) is 0. The van der Waals surface area contributed by atoms with Gasteiger partial charge in [0.1, 0.15) is 11.2 Å². The van der Waals surface area contributed by atoms with E-state index in [0.717, 1.165) is 11.2 Å². The molecule has 5 aromatic rings. The van der Waals surface area contributed by atoms with Crippen LogP contribution in [0.1, 0.15) is 0 Å². The van der Waals surface area contributed by atoms with Crippen molar-refractivity contribution in [3.63, 3.8) is 0 Å². The number of hydrogen-bond acceptors (Lipinski definition) is 1. The second-order valence-electron chi connectivity index (χ2n) is 5.81. The van der Waals surface area contributed by atoms with E-state index in [0.29, 0.717) is 0 Å². The van der Waals surface area contributed by atoms with Crippen molar-refractivity contribution in [1.82, 2.24) is 0 Å². The van der Waals surface area contributed by atoms with Gasteiger partial charge in [-0.15, -0.1) is 0 Å². The smallest absolute Gasteiger partial charge is 0.143 e. The van der Waals surface area contributed by atoms with E-state index in [4.69, 9.17) is 4.42 Å². The van der Waals surface area contributed by atoms with Crippen LogP contribution in [0.25, 0.3) is 43.8 Å². The third kappa shape index (κ3) is 1.80. The zero-order valence-electron chi connectivity index (χ0n) is 12.5. The molecule has 4 aromatic carbocycles. The summed E-state index contributed by atoms with van der Waals surface area (Å²) in [5, 5.41) is 4.82. The van der Waals surface area contributed by atoms with Crippen molar-refractivity contribution in [2.24, 2.45) is 0 Å². The van der Waals surface area contributed by atoms with E-state index in [-0.39, 0.29) is 0 Å². The highest BCUT2D eigenvalue weighted by Gasteiger charge is 2.15. The first-order valence-corrected chi connectivity index (χ1v) is 7.80. The largest absolute Gasteiger partial charge is 0.455 e. The Hall–Kier alpha value is -3.06. The summed E-state index contributed by atoms with van der Waals surface area (Å²) in [5.74, 6) is 0. The molecule has 0 aliphatic carbocycles. The first-order valence-electron chi connectivity index (χ1n) is 7.80. The summed E-state index contributed by atoms with van der Waals surface area (Å²) < 4.78 is 6.25.